The largest absolute Gasteiger partial charge is 0.328 e. The van der Waals surface area contributed by atoms with Crippen LogP contribution in [0.4, 0.5) is 0 Å². The van der Waals surface area contributed by atoms with Crippen molar-refractivity contribution in [2.45, 2.75) is 64.5 Å². The van der Waals surface area contributed by atoms with Crippen molar-refractivity contribution in [3.05, 3.63) is 26.4 Å². The number of nitrogens with zero attached hydrogens (tertiary/aromatic N) is 2. The molecule has 1 fully saturated rings. The molecule has 1 aliphatic rings. The molecule has 1 aliphatic carbocycles. The molecule has 2 aromatic rings. The lowest BCUT2D eigenvalue weighted by molar-refractivity contribution is 0.369. The van der Waals surface area contributed by atoms with Gasteiger partial charge in [0.15, 0.2) is 0 Å². The molecule has 1 heterocycles. The maximum absolute atomic E-state index is 6.21. The Morgan fingerprint density at radius 3 is 2.68 bits per heavy atom. The molecule has 0 saturated heterocycles. The molecule has 22 heavy (non-hydrogen) atoms. The van der Waals surface area contributed by atoms with Gasteiger partial charge in [0.25, 0.3) is 0 Å². The van der Waals surface area contributed by atoms with Crippen molar-refractivity contribution < 1.29 is 0 Å². The zero-order chi connectivity index (χ0) is 16.0. The summed E-state index contributed by atoms with van der Waals surface area (Å²) in [6.45, 7) is 6.60. The molecular weight excluding hydrogens is 406 g/mol. The normalized spacial score (nSPS) is 22.7. The molecule has 2 unspecified atom stereocenters. The molecule has 3 rings (SSSR count). The highest BCUT2D eigenvalue weighted by Crippen LogP contribution is 2.39. The summed E-state index contributed by atoms with van der Waals surface area (Å²) in [7, 11) is 0. The summed E-state index contributed by atoms with van der Waals surface area (Å²) in [6, 6.07) is 2.90. The Morgan fingerprint density at radius 1 is 1.32 bits per heavy atom. The maximum atomic E-state index is 6.21. The minimum absolute atomic E-state index is 0.318. The van der Waals surface area contributed by atoms with Crippen LogP contribution in [0.25, 0.3) is 11.0 Å². The molecule has 0 amide bonds. The summed E-state index contributed by atoms with van der Waals surface area (Å²) in [5.41, 5.74) is 9.74. The Morgan fingerprint density at radius 2 is 2.05 bits per heavy atom. The Balaban J connectivity index is 2.21. The highest BCUT2D eigenvalue weighted by molar-refractivity contribution is 9.13. The Kier molecular flexibility index (Phi) is 4.68. The number of aromatic nitrogens is 2. The first-order valence-electron chi connectivity index (χ1n) is 8.02. The third-order valence-electron chi connectivity index (χ3n) is 4.73. The zero-order valence-corrected chi connectivity index (χ0v) is 16.5. The summed E-state index contributed by atoms with van der Waals surface area (Å²) in [4.78, 5) is 5.05. The van der Waals surface area contributed by atoms with Crippen LogP contribution in [-0.4, -0.2) is 15.6 Å². The average Bonchev–Trinajstić information content (AvgIpc) is 2.84. The van der Waals surface area contributed by atoms with Crippen molar-refractivity contribution in [3.63, 3.8) is 0 Å². The van der Waals surface area contributed by atoms with Gasteiger partial charge >= 0.3 is 0 Å². The molecule has 3 nitrogen and oxygen atoms in total. The Labute approximate surface area is 148 Å². The number of halogens is 2. The van der Waals surface area contributed by atoms with E-state index in [0.717, 1.165) is 27.3 Å². The molecular formula is C17H23Br2N3. The van der Waals surface area contributed by atoms with Gasteiger partial charge in [-0.1, -0.05) is 6.42 Å². The second kappa shape index (κ2) is 6.25. The van der Waals surface area contributed by atoms with Gasteiger partial charge in [0, 0.05) is 26.9 Å². The quantitative estimate of drug-likeness (QED) is 0.692. The molecule has 5 heteroatoms. The summed E-state index contributed by atoms with van der Waals surface area (Å²) in [6.07, 6.45) is 4.61. The number of rotatable bonds is 2. The van der Waals surface area contributed by atoms with Crippen molar-refractivity contribution in [2.75, 3.05) is 0 Å². The van der Waals surface area contributed by atoms with Crippen LogP contribution in [0.3, 0.4) is 0 Å². The van der Waals surface area contributed by atoms with Crippen molar-refractivity contribution >= 4 is 42.9 Å². The van der Waals surface area contributed by atoms with E-state index in [9.17, 15) is 0 Å². The minimum Gasteiger partial charge on any atom is -0.328 e. The van der Waals surface area contributed by atoms with Gasteiger partial charge in [-0.25, -0.2) is 4.98 Å². The van der Waals surface area contributed by atoms with E-state index in [-0.39, 0.29) is 0 Å². The van der Waals surface area contributed by atoms with Gasteiger partial charge in [-0.3, -0.25) is 0 Å². The molecule has 1 aromatic carbocycles. The molecule has 2 N–H and O–H groups in total. The van der Waals surface area contributed by atoms with Gasteiger partial charge in [0.2, 0.25) is 0 Å². The van der Waals surface area contributed by atoms with Crippen LogP contribution in [0.1, 0.15) is 62.9 Å². The summed E-state index contributed by atoms with van der Waals surface area (Å²) < 4.78 is 4.59. The van der Waals surface area contributed by atoms with Crippen LogP contribution in [-0.2, 0) is 0 Å². The predicted molar refractivity (Wildman–Crippen MR) is 99.4 cm³/mol. The van der Waals surface area contributed by atoms with Crippen molar-refractivity contribution in [3.8, 4) is 0 Å². The van der Waals surface area contributed by atoms with Gasteiger partial charge in [-0.05, 0) is 83.5 Å². The number of hydrogen-bond donors (Lipinski definition) is 1. The molecule has 120 valence electrons. The second-order valence-corrected chi connectivity index (χ2v) is 8.37. The van der Waals surface area contributed by atoms with E-state index >= 15 is 0 Å². The van der Waals surface area contributed by atoms with Crippen LogP contribution in [0.2, 0.25) is 0 Å². The highest BCUT2D eigenvalue weighted by Gasteiger charge is 2.27. The Hall–Kier alpha value is -0.390. The fraction of sp³-hybridized carbons (Fsp3) is 0.588. The number of nitrogens with two attached hydrogens (primary N) is 1. The van der Waals surface area contributed by atoms with Gasteiger partial charge in [0.1, 0.15) is 5.82 Å². The lowest BCUT2D eigenvalue weighted by Gasteiger charge is -2.27. The molecule has 0 bridgehead atoms. The van der Waals surface area contributed by atoms with Crippen LogP contribution in [0, 0.1) is 6.92 Å². The third kappa shape index (κ3) is 2.76. The standard InChI is InChI=1S/C17H23Br2N3/c1-9(2)22-14-8-13(18)15(19)10(3)16(14)21-17(22)11-5-4-6-12(20)7-11/h8-9,11-12H,4-7,20H2,1-3H3. The molecule has 0 radical (unpaired) electrons. The first kappa shape index (κ1) is 16.5. The van der Waals surface area contributed by atoms with Crippen molar-refractivity contribution in [2.24, 2.45) is 5.73 Å². The lowest BCUT2D eigenvalue weighted by Crippen LogP contribution is -2.28. The fourth-order valence-electron chi connectivity index (χ4n) is 3.64. The predicted octanol–water partition coefficient (Wildman–Crippen LogP) is 5.44. The van der Waals surface area contributed by atoms with Gasteiger partial charge in [0.05, 0.1) is 11.0 Å². The number of aryl methyl sites for hydroxylation is 1. The lowest BCUT2D eigenvalue weighted by atomic mass is 9.85. The monoisotopic (exact) mass is 427 g/mol. The van der Waals surface area contributed by atoms with E-state index in [4.69, 9.17) is 10.7 Å². The van der Waals surface area contributed by atoms with Crippen LogP contribution in [0.15, 0.2) is 15.0 Å². The summed E-state index contributed by atoms with van der Waals surface area (Å²) >= 11 is 7.32. The number of hydrogen-bond acceptors (Lipinski definition) is 2. The average molecular weight is 429 g/mol. The van der Waals surface area contributed by atoms with Gasteiger partial charge in [-0.2, -0.15) is 0 Å². The fourth-order valence-corrected chi connectivity index (χ4v) is 4.45. The first-order valence-corrected chi connectivity index (χ1v) is 9.60. The van der Waals surface area contributed by atoms with Gasteiger partial charge < -0.3 is 10.3 Å². The SMILES string of the molecule is Cc1c(Br)c(Br)cc2c1nc(C1CCCC(N)C1)n2C(C)C. The molecule has 0 aliphatic heterocycles. The van der Waals surface area contributed by atoms with E-state index in [1.165, 1.54) is 29.7 Å². The van der Waals surface area contributed by atoms with E-state index < -0.39 is 0 Å². The molecule has 0 spiro atoms. The van der Waals surface area contributed by atoms with E-state index in [1.807, 2.05) is 0 Å². The van der Waals surface area contributed by atoms with E-state index in [2.05, 4.69) is 63.3 Å². The number of fused-ring (bicyclic) bond motifs is 1. The van der Waals surface area contributed by atoms with E-state index in [0.29, 0.717) is 18.0 Å². The van der Waals surface area contributed by atoms with Crippen LogP contribution < -0.4 is 5.73 Å². The number of imidazole rings is 1. The highest BCUT2D eigenvalue weighted by atomic mass is 79.9. The van der Waals surface area contributed by atoms with Gasteiger partial charge in [-0.15, -0.1) is 0 Å². The van der Waals surface area contributed by atoms with Crippen molar-refractivity contribution in [1.29, 1.82) is 0 Å². The molecule has 2 atom stereocenters. The topological polar surface area (TPSA) is 43.8 Å². The van der Waals surface area contributed by atoms with E-state index in [1.54, 1.807) is 0 Å². The summed E-state index contributed by atoms with van der Waals surface area (Å²) in [5.74, 6) is 1.70. The zero-order valence-electron chi connectivity index (χ0n) is 13.4. The maximum Gasteiger partial charge on any atom is 0.113 e. The van der Waals surface area contributed by atoms with Crippen molar-refractivity contribution in [1.82, 2.24) is 9.55 Å². The Bertz CT molecular complexity index is 706. The minimum atomic E-state index is 0.318. The first-order chi connectivity index (χ1) is 10.4. The van der Waals surface area contributed by atoms with Crippen LogP contribution in [0.5, 0.6) is 0 Å². The smallest absolute Gasteiger partial charge is 0.113 e. The summed E-state index contributed by atoms with van der Waals surface area (Å²) in [5, 5.41) is 0. The van der Waals surface area contributed by atoms with Crippen LogP contribution >= 0.6 is 31.9 Å². The molecule has 1 saturated carbocycles. The molecule has 1 aromatic heterocycles. The third-order valence-corrected chi connectivity index (χ3v) is 6.91. The second-order valence-electron chi connectivity index (χ2n) is 6.72. The number of benzene rings is 1.